The fourth-order valence-corrected chi connectivity index (χ4v) is 1.28. The van der Waals surface area contributed by atoms with Crippen LogP contribution >= 0.6 is 0 Å². The Kier molecular flexibility index (Phi) is 2.25. The molecule has 10 heavy (non-hydrogen) atoms. The van der Waals surface area contributed by atoms with Gasteiger partial charge in [0.25, 0.3) is 0 Å². The lowest BCUT2D eigenvalue weighted by atomic mass is 9.94. The number of rotatable bonds is 2. The monoisotopic (exact) mass is 139 g/mol. The van der Waals surface area contributed by atoms with Gasteiger partial charge in [-0.2, -0.15) is 5.26 Å². The third-order valence-electron chi connectivity index (χ3n) is 2.01. The predicted molar refractivity (Wildman–Crippen MR) is 39.3 cm³/mol. The van der Waals surface area contributed by atoms with Gasteiger partial charge >= 0.3 is 0 Å². The Morgan fingerprint density at radius 1 is 1.70 bits per heavy atom. The highest BCUT2D eigenvalue weighted by Gasteiger charge is 2.27. The van der Waals surface area contributed by atoms with Crippen molar-refractivity contribution in [1.82, 2.24) is 5.32 Å². The van der Waals surface area contributed by atoms with E-state index in [-0.39, 0.29) is 5.54 Å². The first kappa shape index (κ1) is 7.52. The van der Waals surface area contributed by atoms with Gasteiger partial charge < -0.3 is 11.1 Å². The van der Waals surface area contributed by atoms with Crippen LogP contribution < -0.4 is 11.1 Å². The minimum atomic E-state index is -0.0876. The van der Waals surface area contributed by atoms with Crippen LogP contribution in [0.4, 0.5) is 0 Å². The molecule has 1 atom stereocenters. The molecule has 1 aliphatic heterocycles. The maximum absolute atomic E-state index is 8.32. The number of hydrogen-bond acceptors (Lipinski definition) is 3. The first-order chi connectivity index (χ1) is 4.77. The lowest BCUT2D eigenvalue weighted by molar-refractivity contribution is 0.437. The Balaban J connectivity index is 2.30. The number of nitrogens with zero attached hydrogens (tertiary/aromatic N) is 1. The zero-order valence-electron chi connectivity index (χ0n) is 6.06. The lowest BCUT2D eigenvalue weighted by Crippen LogP contribution is -2.41. The molecule has 0 aromatic carbocycles. The van der Waals surface area contributed by atoms with Crippen molar-refractivity contribution in [2.45, 2.75) is 24.8 Å². The van der Waals surface area contributed by atoms with Gasteiger partial charge in [-0.15, -0.1) is 0 Å². The highest BCUT2D eigenvalue weighted by molar-refractivity contribution is 4.94. The number of nitrogens with two attached hydrogens (primary N) is 1. The molecule has 3 heteroatoms. The van der Waals surface area contributed by atoms with E-state index in [1.54, 1.807) is 0 Å². The first-order valence-corrected chi connectivity index (χ1v) is 3.63. The number of hydrogen-bond donors (Lipinski definition) is 2. The first-order valence-electron chi connectivity index (χ1n) is 3.63. The summed E-state index contributed by atoms with van der Waals surface area (Å²) in [5.41, 5.74) is 5.84. The fourth-order valence-electron chi connectivity index (χ4n) is 1.28. The van der Waals surface area contributed by atoms with Crippen LogP contribution in [0.2, 0.25) is 0 Å². The van der Waals surface area contributed by atoms with Crippen molar-refractivity contribution in [2.75, 3.05) is 13.1 Å². The second-order valence-corrected chi connectivity index (χ2v) is 2.95. The summed E-state index contributed by atoms with van der Waals surface area (Å²) in [4.78, 5) is 0. The van der Waals surface area contributed by atoms with E-state index in [0.717, 1.165) is 25.9 Å². The summed E-state index contributed by atoms with van der Waals surface area (Å²) in [7, 11) is 0. The Labute approximate surface area is 61.2 Å². The molecule has 0 aromatic heterocycles. The van der Waals surface area contributed by atoms with E-state index in [1.165, 1.54) is 0 Å². The molecule has 0 bridgehead atoms. The zero-order chi connectivity index (χ0) is 7.45. The minimum Gasteiger partial charge on any atom is -0.324 e. The largest absolute Gasteiger partial charge is 0.324 e. The zero-order valence-corrected chi connectivity index (χ0v) is 6.06. The molecule has 3 nitrogen and oxygen atoms in total. The summed E-state index contributed by atoms with van der Waals surface area (Å²) < 4.78 is 0. The van der Waals surface area contributed by atoms with E-state index in [2.05, 4.69) is 11.4 Å². The van der Waals surface area contributed by atoms with Crippen molar-refractivity contribution < 1.29 is 0 Å². The van der Waals surface area contributed by atoms with Gasteiger partial charge in [0, 0.05) is 18.5 Å². The quantitative estimate of drug-likeness (QED) is 0.565. The van der Waals surface area contributed by atoms with Gasteiger partial charge in [-0.1, -0.05) is 0 Å². The second-order valence-electron chi connectivity index (χ2n) is 2.95. The third kappa shape index (κ3) is 1.69. The van der Waals surface area contributed by atoms with E-state index in [9.17, 15) is 0 Å². The van der Waals surface area contributed by atoms with Gasteiger partial charge in [0.1, 0.15) is 0 Å². The van der Waals surface area contributed by atoms with Gasteiger partial charge in [0.15, 0.2) is 0 Å². The molecule has 1 fully saturated rings. The van der Waals surface area contributed by atoms with Crippen LogP contribution in [0.1, 0.15) is 19.3 Å². The SMILES string of the molecule is N#CCCC1(N)CCNC1. The molecular weight excluding hydrogens is 126 g/mol. The summed E-state index contributed by atoms with van der Waals surface area (Å²) in [6.07, 6.45) is 2.42. The topological polar surface area (TPSA) is 61.8 Å². The molecule has 3 N–H and O–H groups in total. The van der Waals surface area contributed by atoms with Crippen molar-refractivity contribution in [1.29, 1.82) is 5.26 Å². The van der Waals surface area contributed by atoms with E-state index < -0.39 is 0 Å². The molecular formula is C7H13N3. The van der Waals surface area contributed by atoms with E-state index in [4.69, 9.17) is 11.0 Å². The lowest BCUT2D eigenvalue weighted by Gasteiger charge is -2.20. The molecule has 1 aliphatic rings. The molecule has 0 radical (unpaired) electrons. The Hall–Kier alpha value is -0.590. The van der Waals surface area contributed by atoms with Crippen LogP contribution in [-0.2, 0) is 0 Å². The van der Waals surface area contributed by atoms with Crippen LogP contribution in [-0.4, -0.2) is 18.6 Å². The average molecular weight is 139 g/mol. The van der Waals surface area contributed by atoms with E-state index in [1.807, 2.05) is 0 Å². The Bertz CT molecular complexity index is 141. The third-order valence-corrected chi connectivity index (χ3v) is 2.01. The molecule has 1 unspecified atom stereocenters. The molecule has 0 saturated carbocycles. The highest BCUT2D eigenvalue weighted by Crippen LogP contribution is 2.16. The van der Waals surface area contributed by atoms with Gasteiger partial charge in [0.05, 0.1) is 6.07 Å². The predicted octanol–water partition coefficient (Wildman–Crippen LogP) is -0.0190. The molecule has 1 rings (SSSR count). The van der Waals surface area contributed by atoms with Crippen molar-refractivity contribution >= 4 is 0 Å². The minimum absolute atomic E-state index is 0.0876. The summed E-state index contributed by atoms with van der Waals surface area (Å²) in [6.45, 7) is 1.87. The summed E-state index contributed by atoms with van der Waals surface area (Å²) >= 11 is 0. The molecule has 1 saturated heterocycles. The summed E-state index contributed by atoms with van der Waals surface area (Å²) in [6, 6.07) is 2.11. The molecule has 1 heterocycles. The van der Waals surface area contributed by atoms with Crippen molar-refractivity contribution in [3.63, 3.8) is 0 Å². The van der Waals surface area contributed by atoms with Crippen molar-refractivity contribution in [3.05, 3.63) is 0 Å². The van der Waals surface area contributed by atoms with Gasteiger partial charge in [-0.25, -0.2) is 0 Å². The molecule has 0 spiro atoms. The Morgan fingerprint density at radius 2 is 2.50 bits per heavy atom. The summed E-state index contributed by atoms with van der Waals surface area (Å²) in [5, 5.41) is 11.5. The number of nitriles is 1. The maximum Gasteiger partial charge on any atom is 0.0622 e. The fraction of sp³-hybridized carbons (Fsp3) is 0.857. The van der Waals surface area contributed by atoms with Gasteiger partial charge in [-0.05, 0) is 19.4 Å². The highest BCUT2D eigenvalue weighted by atomic mass is 15.0. The van der Waals surface area contributed by atoms with Crippen molar-refractivity contribution in [2.24, 2.45) is 5.73 Å². The van der Waals surface area contributed by atoms with Crippen LogP contribution in [0.3, 0.4) is 0 Å². The van der Waals surface area contributed by atoms with Crippen LogP contribution in [0.15, 0.2) is 0 Å². The normalized spacial score (nSPS) is 32.0. The summed E-state index contributed by atoms with van der Waals surface area (Å²) in [5.74, 6) is 0. The van der Waals surface area contributed by atoms with E-state index in [0.29, 0.717) is 6.42 Å². The molecule has 56 valence electrons. The molecule has 0 amide bonds. The van der Waals surface area contributed by atoms with Crippen LogP contribution in [0.5, 0.6) is 0 Å². The standard InChI is InChI=1S/C7H13N3/c8-4-1-2-7(9)3-5-10-6-7/h10H,1-3,5-6,9H2. The van der Waals surface area contributed by atoms with E-state index >= 15 is 0 Å². The molecule has 0 aromatic rings. The second kappa shape index (κ2) is 3.00. The number of nitrogens with one attached hydrogen (secondary N) is 1. The Morgan fingerprint density at radius 3 is 3.00 bits per heavy atom. The van der Waals surface area contributed by atoms with Crippen LogP contribution in [0.25, 0.3) is 0 Å². The van der Waals surface area contributed by atoms with Crippen LogP contribution in [0, 0.1) is 11.3 Å². The smallest absolute Gasteiger partial charge is 0.0622 e. The van der Waals surface area contributed by atoms with Gasteiger partial charge in [0.2, 0.25) is 0 Å². The average Bonchev–Trinajstić information content (AvgIpc) is 2.33. The maximum atomic E-state index is 8.32. The van der Waals surface area contributed by atoms with Gasteiger partial charge in [-0.3, -0.25) is 0 Å². The van der Waals surface area contributed by atoms with Crippen molar-refractivity contribution in [3.8, 4) is 6.07 Å². The molecule has 0 aliphatic carbocycles.